The van der Waals surface area contributed by atoms with Crippen LogP contribution in [0, 0.1) is 10.1 Å². The minimum absolute atomic E-state index is 0.0145. The molecule has 0 unspecified atom stereocenters. The van der Waals surface area contributed by atoms with Crippen molar-refractivity contribution in [1.82, 2.24) is 4.57 Å². The number of carbonyl (C=O) groups is 1. The molecule has 0 N–H and O–H groups in total. The summed E-state index contributed by atoms with van der Waals surface area (Å²) in [6.45, 7) is 1.86. The van der Waals surface area contributed by atoms with Crippen molar-refractivity contribution in [2.75, 3.05) is 7.11 Å². The zero-order valence-electron chi connectivity index (χ0n) is 8.81. The largest absolute Gasteiger partial charge is 0.464 e. The summed E-state index contributed by atoms with van der Waals surface area (Å²) in [6.07, 6.45) is 0.619. The van der Waals surface area contributed by atoms with Crippen molar-refractivity contribution in [3.8, 4) is 0 Å². The minimum atomic E-state index is -0.691. The van der Waals surface area contributed by atoms with E-state index in [1.54, 1.807) is 7.05 Å². The zero-order valence-corrected chi connectivity index (χ0v) is 8.81. The summed E-state index contributed by atoms with van der Waals surface area (Å²) in [5.41, 5.74) is 0.502. The van der Waals surface area contributed by atoms with Crippen molar-refractivity contribution in [1.29, 1.82) is 0 Å². The van der Waals surface area contributed by atoms with Crippen LogP contribution in [0.15, 0.2) is 6.07 Å². The molecule has 0 aliphatic rings. The normalized spacial score (nSPS) is 10.1. The number of ether oxygens (including phenoxy) is 1. The molecule has 0 aliphatic heterocycles. The molecule has 1 rings (SSSR count). The third kappa shape index (κ3) is 1.83. The van der Waals surface area contributed by atoms with Crippen LogP contribution in [-0.4, -0.2) is 22.6 Å². The summed E-state index contributed by atoms with van der Waals surface area (Å²) in [5, 5.41) is 10.7. The second-order valence-electron chi connectivity index (χ2n) is 3.03. The first-order chi connectivity index (χ1) is 7.02. The Bertz CT molecular complexity index is 408. The molecular formula is C9H12N2O4. The van der Waals surface area contributed by atoms with E-state index in [9.17, 15) is 14.9 Å². The highest BCUT2D eigenvalue weighted by Gasteiger charge is 2.27. The fourth-order valence-electron chi connectivity index (χ4n) is 1.46. The van der Waals surface area contributed by atoms with Gasteiger partial charge in [-0.05, 0) is 6.42 Å². The van der Waals surface area contributed by atoms with E-state index in [-0.39, 0.29) is 11.4 Å². The van der Waals surface area contributed by atoms with Crippen molar-refractivity contribution >= 4 is 11.7 Å². The van der Waals surface area contributed by atoms with E-state index in [0.717, 1.165) is 5.69 Å². The van der Waals surface area contributed by atoms with E-state index in [1.165, 1.54) is 17.7 Å². The Morgan fingerprint density at radius 2 is 2.27 bits per heavy atom. The predicted molar refractivity (Wildman–Crippen MR) is 52.8 cm³/mol. The number of hydrogen-bond acceptors (Lipinski definition) is 4. The second-order valence-corrected chi connectivity index (χ2v) is 3.03. The number of aryl methyl sites for hydroxylation is 1. The average molecular weight is 212 g/mol. The van der Waals surface area contributed by atoms with Gasteiger partial charge in [-0.25, -0.2) is 4.79 Å². The van der Waals surface area contributed by atoms with Gasteiger partial charge in [0.2, 0.25) is 5.69 Å². The van der Waals surface area contributed by atoms with Crippen LogP contribution in [0.4, 0.5) is 5.69 Å². The van der Waals surface area contributed by atoms with Crippen LogP contribution in [0.3, 0.4) is 0 Å². The minimum Gasteiger partial charge on any atom is -0.464 e. The molecule has 0 saturated carbocycles. The first-order valence-corrected chi connectivity index (χ1v) is 4.44. The van der Waals surface area contributed by atoms with Gasteiger partial charge in [0.05, 0.1) is 12.0 Å². The molecule has 0 radical (unpaired) electrons. The fraction of sp³-hybridized carbons (Fsp3) is 0.444. The third-order valence-corrected chi connectivity index (χ3v) is 2.25. The van der Waals surface area contributed by atoms with Crippen LogP contribution in [-0.2, 0) is 18.2 Å². The van der Waals surface area contributed by atoms with Crippen LogP contribution in [0.5, 0.6) is 0 Å². The highest BCUT2D eigenvalue weighted by molar-refractivity contribution is 5.92. The van der Waals surface area contributed by atoms with Crippen LogP contribution in [0.2, 0.25) is 0 Å². The number of nitrogens with zero attached hydrogens (tertiary/aromatic N) is 2. The molecule has 0 bridgehead atoms. The molecule has 0 saturated heterocycles. The van der Waals surface area contributed by atoms with Crippen molar-refractivity contribution in [2.24, 2.45) is 7.05 Å². The number of nitro groups is 1. The van der Waals surface area contributed by atoms with Crippen LogP contribution in [0.25, 0.3) is 0 Å². The van der Waals surface area contributed by atoms with Gasteiger partial charge in [0.25, 0.3) is 0 Å². The molecule has 0 amide bonds. The molecule has 0 fully saturated rings. The van der Waals surface area contributed by atoms with Crippen LogP contribution < -0.4 is 0 Å². The van der Waals surface area contributed by atoms with Gasteiger partial charge in [-0.1, -0.05) is 6.92 Å². The molecule has 15 heavy (non-hydrogen) atoms. The second kappa shape index (κ2) is 4.12. The Hall–Kier alpha value is -1.85. The molecule has 6 heteroatoms. The lowest BCUT2D eigenvalue weighted by Crippen LogP contribution is -2.11. The Morgan fingerprint density at radius 3 is 2.67 bits per heavy atom. The Morgan fingerprint density at radius 1 is 1.67 bits per heavy atom. The lowest BCUT2D eigenvalue weighted by Gasteiger charge is -2.02. The van der Waals surface area contributed by atoms with Gasteiger partial charge in [-0.15, -0.1) is 0 Å². The lowest BCUT2D eigenvalue weighted by molar-refractivity contribution is -0.385. The maximum absolute atomic E-state index is 11.3. The summed E-state index contributed by atoms with van der Waals surface area (Å²) in [7, 11) is 2.81. The molecule has 0 aromatic carbocycles. The summed E-state index contributed by atoms with van der Waals surface area (Å²) in [4.78, 5) is 21.5. The summed E-state index contributed by atoms with van der Waals surface area (Å²) >= 11 is 0. The maximum atomic E-state index is 11.3. The smallest absolute Gasteiger partial charge is 0.361 e. The topological polar surface area (TPSA) is 74.4 Å². The summed E-state index contributed by atoms with van der Waals surface area (Å²) in [5.74, 6) is -0.691. The SMILES string of the molecule is CCc1cc([N+](=O)[O-])c(C(=O)OC)n1C. The first-order valence-electron chi connectivity index (χ1n) is 4.44. The molecular weight excluding hydrogens is 200 g/mol. The van der Waals surface area contributed by atoms with E-state index >= 15 is 0 Å². The highest BCUT2D eigenvalue weighted by atomic mass is 16.6. The Labute approximate surface area is 86.6 Å². The van der Waals surface area contributed by atoms with Crippen LogP contribution >= 0.6 is 0 Å². The molecule has 1 heterocycles. The van der Waals surface area contributed by atoms with Crippen molar-refractivity contribution < 1.29 is 14.5 Å². The number of esters is 1. The molecule has 0 spiro atoms. The lowest BCUT2D eigenvalue weighted by atomic mass is 10.3. The molecule has 0 atom stereocenters. The monoisotopic (exact) mass is 212 g/mol. The van der Waals surface area contributed by atoms with E-state index in [1.807, 2.05) is 6.92 Å². The molecule has 1 aromatic heterocycles. The maximum Gasteiger partial charge on any atom is 0.361 e. The van der Waals surface area contributed by atoms with Gasteiger partial charge in [-0.3, -0.25) is 10.1 Å². The van der Waals surface area contributed by atoms with E-state index in [0.29, 0.717) is 6.42 Å². The standard InChI is InChI=1S/C9H12N2O4/c1-4-6-5-7(11(13)14)8(10(6)2)9(12)15-3/h5H,4H2,1-3H3. The predicted octanol–water partition coefficient (Wildman–Crippen LogP) is 1.28. The van der Waals surface area contributed by atoms with E-state index in [2.05, 4.69) is 4.74 Å². The number of methoxy groups -OCH3 is 1. The number of rotatable bonds is 3. The Kier molecular flexibility index (Phi) is 3.08. The number of carbonyl (C=O) groups excluding carboxylic acids is 1. The summed E-state index contributed by atoms with van der Waals surface area (Å²) < 4.78 is 5.99. The molecule has 82 valence electrons. The highest BCUT2D eigenvalue weighted by Crippen LogP contribution is 2.23. The molecule has 6 nitrogen and oxygen atoms in total. The molecule has 1 aromatic rings. The first kappa shape index (κ1) is 11.2. The van der Waals surface area contributed by atoms with Crippen LogP contribution in [0.1, 0.15) is 23.1 Å². The number of aromatic nitrogens is 1. The van der Waals surface area contributed by atoms with Gasteiger partial charge in [0.1, 0.15) is 0 Å². The average Bonchev–Trinajstić information content (AvgIpc) is 2.54. The van der Waals surface area contributed by atoms with Crippen molar-refractivity contribution in [3.63, 3.8) is 0 Å². The number of hydrogen-bond donors (Lipinski definition) is 0. The Balaban J connectivity index is 3.38. The van der Waals surface area contributed by atoms with Gasteiger partial charge >= 0.3 is 11.7 Å². The van der Waals surface area contributed by atoms with Gasteiger partial charge in [0.15, 0.2) is 0 Å². The fourth-order valence-corrected chi connectivity index (χ4v) is 1.46. The molecule has 0 aliphatic carbocycles. The third-order valence-electron chi connectivity index (χ3n) is 2.25. The van der Waals surface area contributed by atoms with Gasteiger partial charge < -0.3 is 9.30 Å². The van der Waals surface area contributed by atoms with Crippen molar-refractivity contribution in [3.05, 3.63) is 27.6 Å². The zero-order chi connectivity index (χ0) is 11.6. The van der Waals surface area contributed by atoms with Gasteiger partial charge in [-0.2, -0.15) is 0 Å². The quantitative estimate of drug-likeness (QED) is 0.429. The van der Waals surface area contributed by atoms with E-state index < -0.39 is 10.9 Å². The van der Waals surface area contributed by atoms with Crippen molar-refractivity contribution in [2.45, 2.75) is 13.3 Å². The summed E-state index contributed by atoms with van der Waals surface area (Å²) in [6, 6.07) is 1.40. The van der Waals surface area contributed by atoms with Gasteiger partial charge in [0, 0.05) is 18.8 Å². The van der Waals surface area contributed by atoms with E-state index in [4.69, 9.17) is 0 Å².